The molecule has 1 aromatic carbocycles. The lowest BCUT2D eigenvalue weighted by Gasteiger charge is -2.10. The number of esters is 2. The Labute approximate surface area is 154 Å². The van der Waals surface area contributed by atoms with E-state index in [2.05, 4.69) is 0 Å². The fraction of sp³-hybridized carbons (Fsp3) is 0.636. The third-order valence-electron chi connectivity index (χ3n) is 7.13. The largest absolute Gasteiger partial charge is 0.422 e. The number of rotatable bonds is 4. The molecule has 0 aliphatic heterocycles. The zero-order valence-corrected chi connectivity index (χ0v) is 15.1. The first-order valence-electron chi connectivity index (χ1n) is 10.3. The zero-order chi connectivity index (χ0) is 17.7. The van der Waals surface area contributed by atoms with Gasteiger partial charge in [-0.2, -0.15) is 0 Å². The molecule has 1 aromatic rings. The van der Waals surface area contributed by atoms with E-state index in [0.717, 1.165) is 25.7 Å². The molecule has 0 spiro atoms. The van der Waals surface area contributed by atoms with Crippen LogP contribution in [0.3, 0.4) is 0 Å². The summed E-state index contributed by atoms with van der Waals surface area (Å²) in [4.78, 5) is 25.1. The van der Waals surface area contributed by atoms with Crippen molar-refractivity contribution in [1.29, 1.82) is 0 Å². The van der Waals surface area contributed by atoms with Crippen molar-refractivity contribution in [3.8, 4) is 11.5 Å². The van der Waals surface area contributed by atoms with Gasteiger partial charge in [-0.25, -0.2) is 0 Å². The molecule has 4 aliphatic carbocycles. The first-order valence-corrected chi connectivity index (χ1v) is 10.3. The minimum absolute atomic E-state index is 0.0487. The van der Waals surface area contributed by atoms with Gasteiger partial charge < -0.3 is 9.47 Å². The second-order valence-electron chi connectivity index (χ2n) is 8.56. The van der Waals surface area contributed by atoms with Crippen molar-refractivity contribution in [2.24, 2.45) is 35.5 Å². The van der Waals surface area contributed by atoms with E-state index in [4.69, 9.17) is 9.47 Å². The molecular formula is C22H26O4. The summed E-state index contributed by atoms with van der Waals surface area (Å²) < 4.78 is 11.3. The minimum Gasteiger partial charge on any atom is -0.422 e. The van der Waals surface area contributed by atoms with Crippen LogP contribution in [0.4, 0.5) is 0 Å². The Morgan fingerprint density at radius 1 is 0.654 bits per heavy atom. The lowest BCUT2D eigenvalue weighted by molar-refractivity contribution is -0.139. The van der Waals surface area contributed by atoms with Crippen LogP contribution in [0.5, 0.6) is 11.5 Å². The summed E-state index contributed by atoms with van der Waals surface area (Å²) in [6.07, 6.45) is 9.48. The van der Waals surface area contributed by atoms with E-state index in [1.807, 2.05) is 12.1 Å². The van der Waals surface area contributed by atoms with Gasteiger partial charge in [-0.1, -0.05) is 37.8 Å². The van der Waals surface area contributed by atoms with Gasteiger partial charge in [0.1, 0.15) is 0 Å². The summed E-state index contributed by atoms with van der Waals surface area (Å²) in [5.41, 5.74) is 0. The molecule has 4 heteroatoms. The number of hydrogen-bond acceptors (Lipinski definition) is 4. The van der Waals surface area contributed by atoms with Crippen LogP contribution in [-0.4, -0.2) is 11.9 Å². The third-order valence-corrected chi connectivity index (χ3v) is 7.13. The monoisotopic (exact) mass is 354 g/mol. The summed E-state index contributed by atoms with van der Waals surface area (Å²) in [6, 6.07) is 7.09. The molecule has 4 fully saturated rings. The molecule has 0 amide bonds. The Hall–Kier alpha value is -1.84. The molecule has 5 rings (SSSR count). The number of para-hydroxylation sites is 2. The van der Waals surface area contributed by atoms with Crippen LogP contribution in [0.15, 0.2) is 24.3 Å². The van der Waals surface area contributed by atoms with Crippen molar-refractivity contribution in [3.63, 3.8) is 0 Å². The van der Waals surface area contributed by atoms with Gasteiger partial charge in [0.2, 0.25) is 0 Å². The van der Waals surface area contributed by atoms with Gasteiger partial charge in [0.05, 0.1) is 11.8 Å². The van der Waals surface area contributed by atoms with Gasteiger partial charge >= 0.3 is 11.9 Å². The summed E-state index contributed by atoms with van der Waals surface area (Å²) in [7, 11) is 0. The van der Waals surface area contributed by atoms with Crippen molar-refractivity contribution in [2.75, 3.05) is 0 Å². The Balaban J connectivity index is 1.24. The molecule has 0 radical (unpaired) electrons. The van der Waals surface area contributed by atoms with E-state index in [9.17, 15) is 9.59 Å². The molecule has 0 aromatic heterocycles. The van der Waals surface area contributed by atoms with Crippen LogP contribution in [-0.2, 0) is 9.59 Å². The minimum atomic E-state index is -0.148. The van der Waals surface area contributed by atoms with E-state index in [1.54, 1.807) is 12.1 Å². The lowest BCUT2D eigenvalue weighted by Crippen LogP contribution is -2.16. The topological polar surface area (TPSA) is 52.6 Å². The fourth-order valence-corrected chi connectivity index (χ4v) is 5.66. The molecule has 0 saturated heterocycles. The van der Waals surface area contributed by atoms with Crippen LogP contribution in [0.2, 0.25) is 0 Å². The highest BCUT2D eigenvalue weighted by Crippen LogP contribution is 2.57. The predicted octanol–water partition coefficient (Wildman–Crippen LogP) is 4.37. The average Bonchev–Trinajstić information content (AvgIpc) is 3.55. The standard InChI is InChI=1S/C22H26O4/c23-21(19-13-7-1-2-8-14(13)19)25-17-11-5-6-12-18(17)26-22(24)20-15-9-3-4-10-16(15)20/h5-6,11-16,19-20H,1-4,7-10H2/t13-,14-,15-,16+,20?/m1/s1. The molecular weight excluding hydrogens is 328 g/mol. The normalized spacial score (nSPS) is 37.1. The van der Waals surface area contributed by atoms with E-state index >= 15 is 0 Å². The third kappa shape index (κ3) is 2.83. The Morgan fingerprint density at radius 2 is 1.00 bits per heavy atom. The van der Waals surface area contributed by atoms with Gasteiger partial charge in [-0.05, 0) is 61.5 Å². The van der Waals surface area contributed by atoms with E-state index in [1.165, 1.54) is 25.7 Å². The first kappa shape index (κ1) is 16.3. The maximum Gasteiger partial charge on any atom is 0.315 e. The quantitative estimate of drug-likeness (QED) is 0.595. The molecule has 1 unspecified atom stereocenters. The van der Waals surface area contributed by atoms with Crippen LogP contribution in [0.1, 0.15) is 51.4 Å². The van der Waals surface area contributed by atoms with Crippen molar-refractivity contribution < 1.29 is 19.1 Å². The van der Waals surface area contributed by atoms with Gasteiger partial charge in [0.25, 0.3) is 0 Å². The highest BCUT2D eigenvalue weighted by molar-refractivity contribution is 5.82. The number of fused-ring (bicyclic) bond motifs is 2. The molecule has 138 valence electrons. The number of carbonyl (C=O) groups excluding carboxylic acids is 2. The molecule has 4 aliphatic rings. The summed E-state index contributed by atoms with van der Waals surface area (Å²) >= 11 is 0. The maximum absolute atomic E-state index is 12.6. The predicted molar refractivity (Wildman–Crippen MR) is 95.6 cm³/mol. The number of benzene rings is 1. The van der Waals surface area contributed by atoms with E-state index in [0.29, 0.717) is 35.2 Å². The van der Waals surface area contributed by atoms with E-state index in [-0.39, 0.29) is 23.8 Å². The molecule has 4 nitrogen and oxygen atoms in total. The Bertz CT molecular complexity index is 642. The smallest absolute Gasteiger partial charge is 0.315 e. The Kier molecular flexibility index (Phi) is 4.02. The zero-order valence-electron chi connectivity index (χ0n) is 15.1. The van der Waals surface area contributed by atoms with Gasteiger partial charge in [0, 0.05) is 0 Å². The van der Waals surface area contributed by atoms with Crippen LogP contribution in [0, 0.1) is 35.5 Å². The summed E-state index contributed by atoms with van der Waals surface area (Å²) in [5, 5.41) is 0. The lowest BCUT2D eigenvalue weighted by atomic mass is 10.0. The van der Waals surface area contributed by atoms with Crippen LogP contribution >= 0.6 is 0 Å². The SMILES string of the molecule is O=C(Oc1ccccc1OC(=O)C1[C@@H]2CCCC[C@@H]12)C1[C@H]2CCCC[C@@H]12. The van der Waals surface area contributed by atoms with E-state index < -0.39 is 0 Å². The van der Waals surface area contributed by atoms with Crippen molar-refractivity contribution in [3.05, 3.63) is 24.3 Å². The van der Waals surface area contributed by atoms with Crippen LogP contribution in [0.25, 0.3) is 0 Å². The summed E-state index contributed by atoms with van der Waals surface area (Å²) in [6.45, 7) is 0. The van der Waals surface area contributed by atoms with Gasteiger partial charge in [0.15, 0.2) is 11.5 Å². The second kappa shape index (κ2) is 6.40. The molecule has 0 heterocycles. The van der Waals surface area contributed by atoms with Crippen molar-refractivity contribution >= 4 is 11.9 Å². The van der Waals surface area contributed by atoms with Gasteiger partial charge in [-0.15, -0.1) is 0 Å². The highest BCUT2D eigenvalue weighted by atomic mass is 16.6. The van der Waals surface area contributed by atoms with Crippen molar-refractivity contribution in [1.82, 2.24) is 0 Å². The Morgan fingerprint density at radius 3 is 1.35 bits per heavy atom. The van der Waals surface area contributed by atoms with Gasteiger partial charge in [-0.3, -0.25) is 9.59 Å². The molecule has 0 N–H and O–H groups in total. The number of ether oxygens (including phenoxy) is 2. The van der Waals surface area contributed by atoms with Crippen LogP contribution < -0.4 is 9.47 Å². The molecule has 0 bridgehead atoms. The average molecular weight is 354 g/mol. The fourth-order valence-electron chi connectivity index (χ4n) is 5.66. The summed E-state index contributed by atoms with van der Waals surface area (Å²) in [5.74, 6) is 2.63. The second-order valence-corrected chi connectivity index (χ2v) is 8.56. The number of carbonyl (C=O) groups is 2. The number of hydrogen-bond donors (Lipinski definition) is 0. The highest BCUT2D eigenvalue weighted by Gasteiger charge is 2.57. The maximum atomic E-state index is 12.6. The van der Waals surface area contributed by atoms with Crippen molar-refractivity contribution in [2.45, 2.75) is 51.4 Å². The molecule has 4 saturated carbocycles. The molecule has 5 atom stereocenters. The first-order chi connectivity index (χ1) is 12.7. The molecule has 26 heavy (non-hydrogen) atoms.